The van der Waals surface area contributed by atoms with Crippen LogP contribution in [0, 0.1) is 62.6 Å². The van der Waals surface area contributed by atoms with Crippen molar-refractivity contribution in [3.8, 4) is 22.3 Å². The van der Waals surface area contributed by atoms with Gasteiger partial charge in [0.05, 0.1) is 22.2 Å². The van der Waals surface area contributed by atoms with Gasteiger partial charge in [0.2, 0.25) is 0 Å². The Hall–Kier alpha value is -9.66. The van der Waals surface area contributed by atoms with E-state index in [0.717, 1.165) is 119 Å². The van der Waals surface area contributed by atoms with Gasteiger partial charge in [-0.15, -0.1) is 0 Å². The van der Waals surface area contributed by atoms with Gasteiger partial charge in [-0.05, 0) is 197 Å². The van der Waals surface area contributed by atoms with E-state index in [1.165, 1.54) is 17.0 Å². The SMILES string of the molecule is C=CC1=CC=C(C2(c3cc(C)ccc3C)c3ccccc3-c3ccc(N(c4ccc(N(c5ccc6c(c5)C(c5ccc(C=C)cc5)(c5cc(C)ccc5C)c5ccccc5-6)c5ccc(F)c(F)c5F)cc4)c4ccc(F)c(F)c4F)cc32)CC1. The van der Waals surface area contributed by atoms with Crippen molar-refractivity contribution in [2.45, 2.75) is 51.4 Å². The zero-order valence-corrected chi connectivity index (χ0v) is 46.8. The normalized spacial score (nSPS) is 16.5. The molecule has 412 valence electrons. The summed E-state index contributed by atoms with van der Waals surface area (Å²) in [6.07, 6.45) is 9.47. The summed E-state index contributed by atoms with van der Waals surface area (Å²) in [4.78, 5) is 3.09. The van der Waals surface area contributed by atoms with E-state index in [0.29, 0.717) is 29.2 Å². The molecule has 0 saturated carbocycles. The second-order valence-electron chi connectivity index (χ2n) is 22.2. The van der Waals surface area contributed by atoms with Crippen molar-refractivity contribution in [1.82, 2.24) is 0 Å². The Kier molecular flexibility index (Phi) is 13.2. The summed E-state index contributed by atoms with van der Waals surface area (Å²) in [5.41, 5.74) is 17.6. The number of hydrogen-bond acceptors (Lipinski definition) is 2. The number of anilines is 6. The Morgan fingerprint density at radius 1 is 0.381 bits per heavy atom. The van der Waals surface area contributed by atoms with Crippen molar-refractivity contribution < 1.29 is 26.3 Å². The minimum Gasteiger partial charge on any atom is -0.308 e. The molecule has 2 nitrogen and oxygen atoms in total. The monoisotopic (exact) mass is 1110 g/mol. The first kappa shape index (κ1) is 53.6. The third kappa shape index (κ3) is 8.17. The molecule has 0 aliphatic heterocycles. The number of aryl methyl sites for hydroxylation is 4. The highest BCUT2D eigenvalue weighted by Gasteiger charge is 2.50. The van der Waals surface area contributed by atoms with Crippen molar-refractivity contribution >= 4 is 40.2 Å². The fourth-order valence-corrected chi connectivity index (χ4v) is 13.6. The van der Waals surface area contributed by atoms with Crippen molar-refractivity contribution in [2.75, 3.05) is 9.80 Å². The highest BCUT2D eigenvalue weighted by atomic mass is 19.2. The quantitative estimate of drug-likeness (QED) is 0.0889. The van der Waals surface area contributed by atoms with Gasteiger partial charge in [0.15, 0.2) is 34.9 Å². The average Bonchev–Trinajstić information content (AvgIpc) is 1.63. The van der Waals surface area contributed by atoms with Crippen LogP contribution < -0.4 is 9.80 Å². The van der Waals surface area contributed by atoms with Crippen molar-refractivity contribution in [3.63, 3.8) is 0 Å². The van der Waals surface area contributed by atoms with E-state index in [-0.39, 0.29) is 11.4 Å². The van der Waals surface area contributed by atoms with Crippen molar-refractivity contribution in [1.29, 1.82) is 0 Å². The lowest BCUT2D eigenvalue weighted by Gasteiger charge is -2.39. The van der Waals surface area contributed by atoms with Gasteiger partial charge in [-0.2, -0.15) is 0 Å². The van der Waals surface area contributed by atoms with Crippen LogP contribution in [0.2, 0.25) is 0 Å². The van der Waals surface area contributed by atoms with Gasteiger partial charge in [0.1, 0.15) is 0 Å². The lowest BCUT2D eigenvalue weighted by Crippen LogP contribution is -2.31. The Morgan fingerprint density at radius 3 is 1.31 bits per heavy atom. The summed E-state index contributed by atoms with van der Waals surface area (Å²) in [5, 5.41) is 0. The molecule has 3 aliphatic rings. The van der Waals surface area contributed by atoms with Crippen molar-refractivity contribution in [3.05, 3.63) is 338 Å². The van der Waals surface area contributed by atoms with Crippen LogP contribution in [0.4, 0.5) is 60.5 Å². The summed E-state index contributed by atoms with van der Waals surface area (Å²) >= 11 is 0. The maximum absolute atomic E-state index is 16.8. The third-order valence-corrected chi connectivity index (χ3v) is 17.5. The smallest absolute Gasteiger partial charge is 0.196 e. The fourth-order valence-electron chi connectivity index (χ4n) is 13.6. The number of rotatable bonds is 12. The minimum absolute atomic E-state index is 0.268. The molecule has 13 rings (SSSR count). The number of hydrogen-bond donors (Lipinski definition) is 0. The summed E-state index contributed by atoms with van der Waals surface area (Å²) in [5.74, 6) is -8.81. The third-order valence-electron chi connectivity index (χ3n) is 17.5. The molecule has 3 aliphatic carbocycles. The van der Waals surface area contributed by atoms with Gasteiger partial charge in [0, 0.05) is 22.7 Å². The Bertz CT molecular complexity index is 4440. The van der Waals surface area contributed by atoms with Crippen LogP contribution >= 0.6 is 0 Å². The Balaban J connectivity index is 1.03. The van der Waals surface area contributed by atoms with E-state index in [9.17, 15) is 0 Å². The number of nitrogens with zero attached hydrogens (tertiary/aromatic N) is 2. The summed E-state index contributed by atoms with van der Waals surface area (Å²) < 4.78 is 95.3. The first-order valence-electron chi connectivity index (χ1n) is 28.1. The molecule has 2 unspecified atom stereocenters. The van der Waals surface area contributed by atoms with Gasteiger partial charge in [-0.25, -0.2) is 26.3 Å². The summed E-state index contributed by atoms with van der Waals surface area (Å²) in [6.45, 7) is 16.4. The second-order valence-corrected chi connectivity index (χ2v) is 22.2. The minimum atomic E-state index is -1.65. The van der Waals surface area contributed by atoms with Crippen LogP contribution in [0.3, 0.4) is 0 Å². The molecule has 10 aromatic carbocycles. The predicted molar refractivity (Wildman–Crippen MR) is 329 cm³/mol. The van der Waals surface area contributed by atoms with Crippen LogP contribution in [0.1, 0.15) is 79.6 Å². The topological polar surface area (TPSA) is 6.48 Å². The first-order chi connectivity index (χ1) is 40.7. The molecule has 0 fully saturated rings. The van der Waals surface area contributed by atoms with Crippen molar-refractivity contribution in [2.24, 2.45) is 0 Å². The second kappa shape index (κ2) is 20.6. The number of benzene rings is 10. The molecular formula is C76H56F6N2. The van der Waals surface area contributed by atoms with Gasteiger partial charge >= 0.3 is 0 Å². The van der Waals surface area contributed by atoms with E-state index in [4.69, 9.17) is 0 Å². The molecule has 0 N–H and O–H groups in total. The lowest BCUT2D eigenvalue weighted by molar-refractivity contribution is 0.448. The zero-order valence-electron chi connectivity index (χ0n) is 46.8. The lowest BCUT2D eigenvalue weighted by atomic mass is 9.63. The van der Waals surface area contributed by atoms with Crippen LogP contribution in [-0.4, -0.2) is 0 Å². The van der Waals surface area contributed by atoms with Crippen LogP contribution in [0.15, 0.2) is 237 Å². The van der Waals surface area contributed by atoms with E-state index in [1.54, 1.807) is 35.2 Å². The Morgan fingerprint density at radius 2 is 0.833 bits per heavy atom. The molecular weight excluding hydrogens is 1050 g/mol. The number of allylic oxidation sites excluding steroid dienone is 5. The number of halogens is 6. The summed E-state index contributed by atoms with van der Waals surface area (Å²) in [7, 11) is 0. The zero-order chi connectivity index (χ0) is 58.3. The highest BCUT2D eigenvalue weighted by molar-refractivity contribution is 5.92. The van der Waals surface area contributed by atoms with Crippen LogP contribution in [0.25, 0.3) is 28.3 Å². The molecule has 0 heterocycles. The molecule has 10 aromatic rings. The van der Waals surface area contributed by atoms with Gasteiger partial charge in [-0.3, -0.25) is 0 Å². The molecule has 0 saturated heterocycles. The van der Waals surface area contributed by atoms with Gasteiger partial charge < -0.3 is 9.80 Å². The van der Waals surface area contributed by atoms with Gasteiger partial charge in [-0.1, -0.05) is 175 Å². The standard InChI is InChI=1S/C76H56F6N2/c1-7-49-21-25-51(26-22-49)75(63-41-45(3)17-19-47(63)5)61-15-11-9-13-57(61)59-35-33-55(43-65(59)75)83(69-39-37-67(77)71(79)73(69)81)53-29-31-54(32-30-53)84(70-40-38-68(78)72(80)74(70)82)56-34-36-60-58-14-10-12-16-62(58)76(66(60)44-56,52-27-23-50(8-2)24-28-52)64-42-46(4)18-20-48(64)6/h7-23,25-27,29-44H,1-2,24,28H2,3-6H3. The maximum atomic E-state index is 16.8. The molecule has 0 amide bonds. The van der Waals surface area contributed by atoms with Crippen LogP contribution in [-0.2, 0) is 10.8 Å². The average molecular weight is 1110 g/mol. The summed E-state index contributed by atoms with van der Waals surface area (Å²) in [6, 6.07) is 60.4. The molecule has 0 aromatic heterocycles. The molecule has 84 heavy (non-hydrogen) atoms. The molecule has 0 bridgehead atoms. The first-order valence-corrected chi connectivity index (χ1v) is 28.1. The maximum Gasteiger partial charge on any atom is 0.196 e. The van der Waals surface area contributed by atoms with E-state index in [2.05, 4.69) is 126 Å². The molecule has 0 radical (unpaired) electrons. The predicted octanol–water partition coefficient (Wildman–Crippen LogP) is 20.8. The van der Waals surface area contributed by atoms with Crippen LogP contribution in [0.5, 0.6) is 0 Å². The Labute approximate surface area is 486 Å². The van der Waals surface area contributed by atoms with E-state index in [1.807, 2.05) is 78.9 Å². The largest absolute Gasteiger partial charge is 0.308 e. The van der Waals surface area contributed by atoms with E-state index < -0.39 is 45.7 Å². The fraction of sp³-hybridized carbons (Fsp3) is 0.105. The van der Waals surface area contributed by atoms with E-state index >= 15 is 26.3 Å². The highest BCUT2D eigenvalue weighted by Crippen LogP contribution is 2.61. The molecule has 8 heteroatoms. The molecule has 2 atom stereocenters. The molecule has 0 spiro atoms. The van der Waals surface area contributed by atoms with Gasteiger partial charge in [0.25, 0.3) is 0 Å². The number of fused-ring (bicyclic) bond motifs is 6.